The molecule has 2 aromatic carbocycles. The van der Waals surface area contributed by atoms with Crippen LogP contribution in [0.1, 0.15) is 25.8 Å². The zero-order valence-corrected chi connectivity index (χ0v) is 15.5. The molecule has 0 aliphatic rings. The number of hydrogen-bond donors (Lipinski definition) is 2. The Morgan fingerprint density at radius 1 is 1.07 bits per heavy atom. The van der Waals surface area contributed by atoms with E-state index >= 15 is 0 Å². The molecule has 6 heteroatoms. The van der Waals surface area contributed by atoms with E-state index in [0.29, 0.717) is 18.3 Å². The van der Waals surface area contributed by atoms with Crippen molar-refractivity contribution in [1.82, 2.24) is 24.7 Å². The average molecular weight is 384 g/mol. The maximum absolute atomic E-state index is 6.23. The van der Waals surface area contributed by atoms with Crippen molar-refractivity contribution in [3.63, 3.8) is 0 Å². The van der Waals surface area contributed by atoms with E-state index < -0.39 is 0 Å². The summed E-state index contributed by atoms with van der Waals surface area (Å²) in [6.45, 7) is 2.91. The zero-order chi connectivity index (χ0) is 19.1. The fourth-order valence-electron chi connectivity index (χ4n) is 3.71. The quantitative estimate of drug-likeness (QED) is 0.457. The van der Waals surface area contributed by atoms with Gasteiger partial charge in [-0.1, -0.05) is 50.7 Å². The second kappa shape index (κ2) is 7.39. The summed E-state index contributed by atoms with van der Waals surface area (Å²) in [6.07, 6.45) is 3.44. The molecule has 0 fully saturated rings. The highest BCUT2D eigenvalue weighted by Gasteiger charge is 2.19. The van der Waals surface area contributed by atoms with E-state index in [9.17, 15) is 0 Å². The highest BCUT2D eigenvalue weighted by Crippen LogP contribution is 2.32. The summed E-state index contributed by atoms with van der Waals surface area (Å²) in [7, 11) is 0. The first kappa shape index (κ1) is 18.7. The Balaban J connectivity index is 0.00000205. The van der Waals surface area contributed by atoms with E-state index in [2.05, 4.69) is 70.4 Å². The van der Waals surface area contributed by atoms with Gasteiger partial charge in [-0.2, -0.15) is 5.10 Å². The maximum atomic E-state index is 6.23. The first-order valence-corrected chi connectivity index (χ1v) is 9.30. The molecule has 0 aliphatic carbocycles. The standard InChI is InChI=1S/C22H20N6.CH4/c1-14(15-5-3-2-4-6-15)12-28-22-19(21(23)25-13-26-22)20(27-28)17-7-8-18-16(11-17)9-10-24-18;/h2-11,13-14,24H,12H2,1H3,(H2,23,25,26);1H4. The Labute approximate surface area is 169 Å². The number of aromatic amines is 1. The molecule has 0 saturated carbocycles. The minimum absolute atomic E-state index is 0. The Morgan fingerprint density at radius 3 is 2.72 bits per heavy atom. The fourth-order valence-corrected chi connectivity index (χ4v) is 3.71. The molecule has 0 spiro atoms. The highest BCUT2D eigenvalue weighted by atomic mass is 15.3. The third-order valence-electron chi connectivity index (χ3n) is 5.20. The van der Waals surface area contributed by atoms with E-state index in [1.807, 2.05) is 16.9 Å². The lowest BCUT2D eigenvalue weighted by atomic mass is 10.0. The number of nitrogen functional groups attached to an aromatic ring is 1. The van der Waals surface area contributed by atoms with Crippen molar-refractivity contribution in [3.8, 4) is 11.3 Å². The van der Waals surface area contributed by atoms with Crippen LogP contribution in [0.5, 0.6) is 0 Å². The molecule has 1 atom stereocenters. The zero-order valence-electron chi connectivity index (χ0n) is 15.5. The molecule has 29 heavy (non-hydrogen) atoms. The van der Waals surface area contributed by atoms with Gasteiger partial charge in [0, 0.05) is 35.1 Å². The predicted molar refractivity (Wildman–Crippen MR) is 119 cm³/mol. The van der Waals surface area contributed by atoms with Crippen LogP contribution in [0.3, 0.4) is 0 Å². The third-order valence-corrected chi connectivity index (χ3v) is 5.20. The van der Waals surface area contributed by atoms with Crippen molar-refractivity contribution in [2.75, 3.05) is 5.73 Å². The first-order valence-electron chi connectivity index (χ1n) is 9.30. The van der Waals surface area contributed by atoms with Gasteiger partial charge in [-0.3, -0.25) is 0 Å². The number of anilines is 1. The van der Waals surface area contributed by atoms with Gasteiger partial charge in [-0.15, -0.1) is 0 Å². The molecule has 3 N–H and O–H groups in total. The highest BCUT2D eigenvalue weighted by molar-refractivity contribution is 5.99. The molecule has 0 amide bonds. The molecule has 0 radical (unpaired) electrons. The summed E-state index contributed by atoms with van der Waals surface area (Å²) in [4.78, 5) is 11.9. The number of hydrogen-bond acceptors (Lipinski definition) is 4. The average Bonchev–Trinajstić information content (AvgIpc) is 3.33. The molecule has 0 saturated heterocycles. The molecule has 0 bridgehead atoms. The molecule has 1 unspecified atom stereocenters. The van der Waals surface area contributed by atoms with Gasteiger partial charge in [0.15, 0.2) is 5.65 Å². The number of nitrogens with two attached hydrogens (primary N) is 1. The number of aromatic nitrogens is 5. The van der Waals surface area contributed by atoms with Crippen molar-refractivity contribution in [1.29, 1.82) is 0 Å². The topological polar surface area (TPSA) is 85.4 Å². The Bertz CT molecular complexity index is 1270. The van der Waals surface area contributed by atoms with E-state index in [0.717, 1.165) is 33.2 Å². The minimum atomic E-state index is 0. The summed E-state index contributed by atoms with van der Waals surface area (Å²) < 4.78 is 1.95. The van der Waals surface area contributed by atoms with Gasteiger partial charge in [0.1, 0.15) is 17.8 Å². The largest absolute Gasteiger partial charge is 0.383 e. The molecule has 3 aromatic heterocycles. The maximum Gasteiger partial charge on any atom is 0.163 e. The lowest BCUT2D eigenvalue weighted by molar-refractivity contribution is 0.556. The Hall–Kier alpha value is -3.67. The van der Waals surface area contributed by atoms with Crippen molar-refractivity contribution < 1.29 is 0 Å². The van der Waals surface area contributed by atoms with Gasteiger partial charge in [-0.05, 0) is 23.8 Å². The smallest absolute Gasteiger partial charge is 0.163 e. The van der Waals surface area contributed by atoms with Gasteiger partial charge in [-0.25, -0.2) is 14.6 Å². The SMILES string of the molecule is C.CC(Cn1nc(-c2ccc3[nH]ccc3c2)c2c(N)ncnc21)c1ccccc1. The van der Waals surface area contributed by atoms with Gasteiger partial charge in [0.05, 0.1) is 5.39 Å². The van der Waals surface area contributed by atoms with E-state index in [-0.39, 0.29) is 7.43 Å². The number of H-pyrrole nitrogens is 1. The lowest BCUT2D eigenvalue weighted by Gasteiger charge is -2.12. The fraction of sp³-hybridized carbons (Fsp3) is 0.174. The van der Waals surface area contributed by atoms with E-state index in [1.54, 1.807) is 0 Å². The molecule has 0 aliphatic heterocycles. The number of nitrogens with one attached hydrogen (secondary N) is 1. The van der Waals surface area contributed by atoms with Crippen molar-refractivity contribution in [3.05, 3.63) is 72.7 Å². The molecule has 6 nitrogen and oxygen atoms in total. The van der Waals surface area contributed by atoms with Crippen LogP contribution < -0.4 is 5.73 Å². The summed E-state index contributed by atoms with van der Waals surface area (Å²) in [6, 6.07) is 18.7. The molecule has 5 aromatic rings. The van der Waals surface area contributed by atoms with E-state index in [1.165, 1.54) is 11.9 Å². The van der Waals surface area contributed by atoms with Crippen LogP contribution in [-0.4, -0.2) is 24.7 Å². The molecule has 146 valence electrons. The summed E-state index contributed by atoms with van der Waals surface area (Å²) in [5.74, 6) is 0.744. The third kappa shape index (κ3) is 3.23. The monoisotopic (exact) mass is 384 g/mol. The number of fused-ring (bicyclic) bond motifs is 2. The van der Waals surface area contributed by atoms with Gasteiger partial charge in [0.25, 0.3) is 0 Å². The van der Waals surface area contributed by atoms with Crippen LogP contribution in [0.4, 0.5) is 5.82 Å². The van der Waals surface area contributed by atoms with Gasteiger partial charge >= 0.3 is 0 Å². The van der Waals surface area contributed by atoms with Crippen LogP contribution in [-0.2, 0) is 6.54 Å². The van der Waals surface area contributed by atoms with Crippen LogP contribution in [0, 0.1) is 0 Å². The van der Waals surface area contributed by atoms with Gasteiger partial charge in [0.2, 0.25) is 0 Å². The van der Waals surface area contributed by atoms with Crippen LogP contribution in [0.25, 0.3) is 33.2 Å². The molecule has 3 heterocycles. The van der Waals surface area contributed by atoms with Crippen LogP contribution >= 0.6 is 0 Å². The van der Waals surface area contributed by atoms with E-state index in [4.69, 9.17) is 10.8 Å². The predicted octanol–water partition coefficient (Wildman–Crippen LogP) is 5.00. The molecular weight excluding hydrogens is 360 g/mol. The normalized spacial score (nSPS) is 12.2. The Morgan fingerprint density at radius 2 is 1.90 bits per heavy atom. The minimum Gasteiger partial charge on any atom is -0.383 e. The number of benzene rings is 2. The van der Waals surface area contributed by atoms with Crippen molar-refractivity contribution in [2.45, 2.75) is 26.8 Å². The van der Waals surface area contributed by atoms with Crippen molar-refractivity contribution in [2.24, 2.45) is 0 Å². The second-order valence-corrected chi connectivity index (χ2v) is 7.08. The summed E-state index contributed by atoms with van der Waals surface area (Å²) >= 11 is 0. The molecular formula is C23H24N6. The lowest BCUT2D eigenvalue weighted by Crippen LogP contribution is -2.08. The second-order valence-electron chi connectivity index (χ2n) is 7.08. The van der Waals surface area contributed by atoms with Crippen LogP contribution in [0.2, 0.25) is 0 Å². The summed E-state index contributed by atoms with van der Waals surface area (Å²) in [5, 5.41) is 6.84. The molecule has 5 rings (SSSR count). The number of rotatable bonds is 4. The summed E-state index contributed by atoms with van der Waals surface area (Å²) in [5.41, 5.74) is 11.2. The van der Waals surface area contributed by atoms with Gasteiger partial charge < -0.3 is 10.7 Å². The van der Waals surface area contributed by atoms with Crippen LogP contribution in [0.15, 0.2) is 67.1 Å². The Kier molecular flexibility index (Phi) is 4.76. The number of nitrogens with zero attached hydrogens (tertiary/aromatic N) is 4. The van der Waals surface area contributed by atoms with Crippen molar-refractivity contribution >= 4 is 27.8 Å². The first-order chi connectivity index (χ1) is 13.7.